The van der Waals surface area contributed by atoms with Gasteiger partial charge in [-0.2, -0.15) is 9.78 Å². The molecule has 0 saturated heterocycles. The van der Waals surface area contributed by atoms with Crippen molar-refractivity contribution in [2.45, 2.75) is 40.0 Å². The molecule has 0 aliphatic carbocycles. The van der Waals surface area contributed by atoms with Crippen LogP contribution in [0, 0.1) is 13.8 Å². The molecular weight excluding hydrogens is 496 g/mol. The predicted molar refractivity (Wildman–Crippen MR) is 137 cm³/mol. The molecule has 0 fully saturated rings. The normalized spacial score (nSPS) is 13.8. The SMILES string of the molecule is CC[C@@H](C)c1nc2ccc(Br)cc2c(=O)n1N=Cc1cc(C)n(-c2ccc3c(c2)OCO3)c1C. The molecule has 2 aromatic heterocycles. The van der Waals surface area contributed by atoms with Gasteiger partial charge in [-0.15, -0.1) is 0 Å². The highest BCUT2D eigenvalue weighted by Crippen LogP contribution is 2.34. The van der Waals surface area contributed by atoms with Gasteiger partial charge in [0.15, 0.2) is 11.5 Å². The number of hydrogen-bond acceptors (Lipinski definition) is 5. The van der Waals surface area contributed by atoms with Gasteiger partial charge in [-0.25, -0.2) is 4.98 Å². The first kappa shape index (κ1) is 22.4. The van der Waals surface area contributed by atoms with E-state index in [0.717, 1.165) is 45.0 Å². The van der Waals surface area contributed by atoms with Gasteiger partial charge in [0.1, 0.15) is 5.82 Å². The van der Waals surface area contributed by atoms with E-state index in [1.165, 1.54) is 4.68 Å². The van der Waals surface area contributed by atoms with Gasteiger partial charge in [-0.05, 0) is 56.7 Å². The van der Waals surface area contributed by atoms with Gasteiger partial charge in [-0.1, -0.05) is 29.8 Å². The number of aryl methyl sites for hydroxylation is 1. The summed E-state index contributed by atoms with van der Waals surface area (Å²) < 4.78 is 15.4. The Bertz CT molecular complexity index is 1500. The molecule has 1 aliphatic heterocycles. The van der Waals surface area contributed by atoms with Gasteiger partial charge < -0.3 is 14.0 Å². The van der Waals surface area contributed by atoms with Crippen molar-refractivity contribution in [3.63, 3.8) is 0 Å². The van der Waals surface area contributed by atoms with Gasteiger partial charge >= 0.3 is 0 Å². The fourth-order valence-electron chi connectivity index (χ4n) is 4.24. The molecule has 0 saturated carbocycles. The molecule has 174 valence electrons. The molecular formula is C26H25BrN4O3. The number of benzene rings is 2. The summed E-state index contributed by atoms with van der Waals surface area (Å²) in [6.07, 6.45) is 2.59. The molecule has 0 spiro atoms. The van der Waals surface area contributed by atoms with Crippen molar-refractivity contribution in [1.29, 1.82) is 0 Å². The fourth-order valence-corrected chi connectivity index (χ4v) is 4.60. The maximum absolute atomic E-state index is 13.4. The van der Waals surface area contributed by atoms with Gasteiger partial charge in [0.2, 0.25) is 6.79 Å². The van der Waals surface area contributed by atoms with E-state index < -0.39 is 0 Å². The van der Waals surface area contributed by atoms with Crippen LogP contribution in [-0.4, -0.2) is 27.2 Å². The van der Waals surface area contributed by atoms with Crippen LogP contribution in [0.1, 0.15) is 49.0 Å². The van der Waals surface area contributed by atoms with Crippen molar-refractivity contribution in [1.82, 2.24) is 14.2 Å². The zero-order chi connectivity index (χ0) is 24.0. The first-order valence-electron chi connectivity index (χ1n) is 11.2. The van der Waals surface area contributed by atoms with E-state index >= 15 is 0 Å². The average molecular weight is 521 g/mol. The minimum Gasteiger partial charge on any atom is -0.454 e. The summed E-state index contributed by atoms with van der Waals surface area (Å²) in [5.74, 6) is 2.22. The highest BCUT2D eigenvalue weighted by Gasteiger charge is 2.18. The second-order valence-electron chi connectivity index (χ2n) is 8.50. The number of ether oxygens (including phenoxy) is 2. The second kappa shape index (κ2) is 8.76. The van der Waals surface area contributed by atoms with Crippen LogP contribution in [0.3, 0.4) is 0 Å². The first-order valence-corrected chi connectivity index (χ1v) is 12.0. The van der Waals surface area contributed by atoms with E-state index in [1.54, 1.807) is 12.3 Å². The highest BCUT2D eigenvalue weighted by atomic mass is 79.9. The number of hydrogen-bond donors (Lipinski definition) is 0. The van der Waals surface area contributed by atoms with Gasteiger partial charge in [0.05, 0.1) is 17.1 Å². The Morgan fingerprint density at radius 3 is 2.74 bits per heavy atom. The van der Waals surface area contributed by atoms with Crippen LogP contribution in [0.4, 0.5) is 0 Å². The van der Waals surface area contributed by atoms with Crippen molar-refractivity contribution in [3.8, 4) is 17.2 Å². The van der Waals surface area contributed by atoms with E-state index in [-0.39, 0.29) is 18.3 Å². The summed E-state index contributed by atoms with van der Waals surface area (Å²) in [5, 5.41) is 5.17. The second-order valence-corrected chi connectivity index (χ2v) is 9.42. The smallest absolute Gasteiger partial charge is 0.282 e. The van der Waals surface area contributed by atoms with Crippen molar-refractivity contribution < 1.29 is 9.47 Å². The summed E-state index contributed by atoms with van der Waals surface area (Å²) in [5.41, 5.74) is 4.46. The lowest BCUT2D eigenvalue weighted by atomic mass is 10.1. The van der Waals surface area contributed by atoms with E-state index in [0.29, 0.717) is 16.7 Å². The lowest BCUT2D eigenvalue weighted by molar-refractivity contribution is 0.174. The van der Waals surface area contributed by atoms with Crippen molar-refractivity contribution in [2.75, 3.05) is 6.79 Å². The Hall–Kier alpha value is -3.39. The average Bonchev–Trinajstić information content (AvgIpc) is 3.41. The summed E-state index contributed by atoms with van der Waals surface area (Å²) in [6, 6.07) is 13.5. The zero-order valence-corrected chi connectivity index (χ0v) is 21.1. The molecule has 4 aromatic rings. The monoisotopic (exact) mass is 520 g/mol. The molecule has 5 rings (SSSR count). The molecule has 2 aromatic carbocycles. The Kier molecular flexibility index (Phi) is 5.77. The molecule has 1 aliphatic rings. The summed E-state index contributed by atoms with van der Waals surface area (Å²) in [4.78, 5) is 18.2. The standard InChI is InChI=1S/C26H25BrN4O3/c1-5-15(2)25-29-22-8-6-19(27)11-21(22)26(32)31(25)28-13-18-10-16(3)30(17(18)4)20-7-9-23-24(12-20)34-14-33-23/h6-13,15H,5,14H2,1-4H3/t15-/m1/s1. The van der Waals surface area contributed by atoms with Crippen LogP contribution in [0.15, 0.2) is 56.8 Å². The number of halogens is 1. The summed E-state index contributed by atoms with van der Waals surface area (Å²) >= 11 is 3.46. The van der Waals surface area contributed by atoms with Gasteiger partial charge in [0.25, 0.3) is 5.56 Å². The third kappa shape index (κ3) is 3.81. The molecule has 0 radical (unpaired) electrons. The third-order valence-electron chi connectivity index (χ3n) is 6.28. The van der Waals surface area contributed by atoms with Crippen molar-refractivity contribution in [2.24, 2.45) is 5.10 Å². The molecule has 0 amide bonds. The molecule has 0 N–H and O–H groups in total. The van der Waals surface area contributed by atoms with Crippen LogP contribution in [0.25, 0.3) is 16.6 Å². The molecule has 0 bridgehead atoms. The Morgan fingerprint density at radius 1 is 1.15 bits per heavy atom. The Labute approximate surface area is 205 Å². The van der Waals surface area contributed by atoms with Crippen LogP contribution in [0.2, 0.25) is 0 Å². The Balaban J connectivity index is 1.60. The topological polar surface area (TPSA) is 70.6 Å². The van der Waals surface area contributed by atoms with Crippen molar-refractivity contribution in [3.05, 3.63) is 80.1 Å². The molecule has 34 heavy (non-hydrogen) atoms. The quantitative estimate of drug-likeness (QED) is 0.317. The third-order valence-corrected chi connectivity index (χ3v) is 6.78. The lowest BCUT2D eigenvalue weighted by Gasteiger charge is -2.14. The lowest BCUT2D eigenvalue weighted by Crippen LogP contribution is -2.23. The van der Waals surface area contributed by atoms with Gasteiger partial charge in [-0.3, -0.25) is 4.79 Å². The first-order chi connectivity index (χ1) is 16.4. The van der Waals surface area contributed by atoms with Crippen LogP contribution in [-0.2, 0) is 0 Å². The molecule has 8 heteroatoms. The fraction of sp³-hybridized carbons (Fsp3) is 0.269. The van der Waals surface area contributed by atoms with E-state index in [4.69, 9.17) is 14.5 Å². The molecule has 3 heterocycles. The predicted octanol–water partition coefficient (Wildman–Crippen LogP) is 5.69. The van der Waals surface area contributed by atoms with Crippen LogP contribution < -0.4 is 15.0 Å². The van der Waals surface area contributed by atoms with Gasteiger partial charge in [0, 0.05) is 39.1 Å². The van der Waals surface area contributed by atoms with Crippen LogP contribution >= 0.6 is 15.9 Å². The van der Waals surface area contributed by atoms with E-state index in [1.807, 2.05) is 44.2 Å². The van der Waals surface area contributed by atoms with Crippen molar-refractivity contribution >= 4 is 33.0 Å². The minimum atomic E-state index is -0.178. The number of nitrogens with zero attached hydrogens (tertiary/aromatic N) is 4. The maximum Gasteiger partial charge on any atom is 0.282 e. The summed E-state index contributed by atoms with van der Waals surface area (Å²) in [7, 11) is 0. The molecule has 7 nitrogen and oxygen atoms in total. The highest BCUT2D eigenvalue weighted by molar-refractivity contribution is 9.10. The molecule has 1 atom stereocenters. The summed E-state index contributed by atoms with van der Waals surface area (Å²) in [6.45, 7) is 8.46. The number of aromatic nitrogens is 3. The molecule has 0 unspecified atom stereocenters. The van der Waals surface area contributed by atoms with E-state index in [2.05, 4.69) is 45.5 Å². The minimum absolute atomic E-state index is 0.0824. The largest absolute Gasteiger partial charge is 0.454 e. The van der Waals surface area contributed by atoms with Crippen LogP contribution in [0.5, 0.6) is 11.5 Å². The maximum atomic E-state index is 13.4. The Morgan fingerprint density at radius 2 is 1.94 bits per heavy atom. The number of fused-ring (bicyclic) bond motifs is 2. The number of rotatable bonds is 5. The van der Waals surface area contributed by atoms with E-state index in [9.17, 15) is 4.79 Å². The zero-order valence-electron chi connectivity index (χ0n) is 19.5.